The molecule has 0 unspecified atom stereocenters. The standard InChI is InChI=1S/C12H20N2O4/c1-3-7-17-8-10(4-2)18-9-14-6-5-11(15)13-12(14)16/h5-6,10H,3-4,7-9H2,1-2H3,(H,13,15,16)/t10-/m0/s1. The van der Waals surface area contributed by atoms with E-state index in [-0.39, 0.29) is 12.8 Å². The Morgan fingerprint density at radius 3 is 2.78 bits per heavy atom. The highest BCUT2D eigenvalue weighted by Gasteiger charge is 2.07. The van der Waals surface area contributed by atoms with Gasteiger partial charge < -0.3 is 9.47 Å². The highest BCUT2D eigenvalue weighted by atomic mass is 16.5. The van der Waals surface area contributed by atoms with Gasteiger partial charge in [-0.05, 0) is 12.8 Å². The number of ether oxygens (including phenoxy) is 2. The average Bonchev–Trinajstić information content (AvgIpc) is 2.35. The van der Waals surface area contributed by atoms with Gasteiger partial charge in [-0.25, -0.2) is 4.79 Å². The van der Waals surface area contributed by atoms with Crippen LogP contribution in [0.25, 0.3) is 0 Å². The topological polar surface area (TPSA) is 73.3 Å². The van der Waals surface area contributed by atoms with E-state index in [0.717, 1.165) is 12.8 Å². The van der Waals surface area contributed by atoms with Crippen molar-refractivity contribution in [3.8, 4) is 0 Å². The van der Waals surface area contributed by atoms with E-state index < -0.39 is 11.2 Å². The first-order chi connectivity index (χ1) is 8.67. The smallest absolute Gasteiger partial charge is 0.330 e. The molecule has 0 spiro atoms. The van der Waals surface area contributed by atoms with Crippen molar-refractivity contribution in [3.63, 3.8) is 0 Å². The summed E-state index contributed by atoms with van der Waals surface area (Å²) >= 11 is 0. The summed E-state index contributed by atoms with van der Waals surface area (Å²) in [4.78, 5) is 24.5. The van der Waals surface area contributed by atoms with Crippen molar-refractivity contribution in [2.75, 3.05) is 13.2 Å². The number of nitrogens with zero attached hydrogens (tertiary/aromatic N) is 1. The first-order valence-electron chi connectivity index (χ1n) is 6.16. The molecule has 1 heterocycles. The molecule has 6 heteroatoms. The van der Waals surface area contributed by atoms with Gasteiger partial charge in [-0.1, -0.05) is 13.8 Å². The van der Waals surface area contributed by atoms with E-state index in [1.165, 1.54) is 16.8 Å². The lowest BCUT2D eigenvalue weighted by Gasteiger charge is -2.16. The van der Waals surface area contributed by atoms with E-state index in [2.05, 4.69) is 4.98 Å². The van der Waals surface area contributed by atoms with Crippen LogP contribution in [0.5, 0.6) is 0 Å². The largest absolute Gasteiger partial charge is 0.379 e. The van der Waals surface area contributed by atoms with E-state index >= 15 is 0 Å². The molecule has 0 saturated heterocycles. The van der Waals surface area contributed by atoms with E-state index in [4.69, 9.17) is 9.47 Å². The molecule has 1 N–H and O–H groups in total. The summed E-state index contributed by atoms with van der Waals surface area (Å²) in [6, 6.07) is 1.29. The lowest BCUT2D eigenvalue weighted by molar-refractivity contribution is -0.0474. The maximum Gasteiger partial charge on any atom is 0.330 e. The number of hydrogen-bond donors (Lipinski definition) is 1. The highest BCUT2D eigenvalue weighted by molar-refractivity contribution is 4.81. The lowest BCUT2D eigenvalue weighted by atomic mass is 10.3. The maximum absolute atomic E-state index is 11.4. The summed E-state index contributed by atoms with van der Waals surface area (Å²) in [5.74, 6) is 0. The van der Waals surface area contributed by atoms with Crippen molar-refractivity contribution in [2.45, 2.75) is 39.5 Å². The summed E-state index contributed by atoms with van der Waals surface area (Å²) in [6.07, 6.45) is 3.15. The molecule has 0 aromatic carbocycles. The Morgan fingerprint density at radius 2 is 2.17 bits per heavy atom. The van der Waals surface area contributed by atoms with Crippen LogP contribution in [0.3, 0.4) is 0 Å². The molecule has 0 radical (unpaired) electrons. The predicted octanol–water partition coefficient (Wildman–Crippen LogP) is 0.716. The zero-order valence-corrected chi connectivity index (χ0v) is 10.8. The first kappa shape index (κ1) is 14.7. The van der Waals surface area contributed by atoms with Crippen LogP contribution in [-0.2, 0) is 16.2 Å². The number of hydrogen-bond acceptors (Lipinski definition) is 4. The molecule has 0 aliphatic rings. The third-order valence-electron chi connectivity index (χ3n) is 2.45. The molecule has 0 saturated carbocycles. The molecule has 0 fully saturated rings. The van der Waals surface area contributed by atoms with Crippen molar-refractivity contribution >= 4 is 0 Å². The van der Waals surface area contributed by atoms with Gasteiger partial charge in [0.1, 0.15) is 6.73 Å². The van der Waals surface area contributed by atoms with Crippen molar-refractivity contribution in [3.05, 3.63) is 33.1 Å². The normalized spacial score (nSPS) is 12.6. The fraction of sp³-hybridized carbons (Fsp3) is 0.667. The van der Waals surface area contributed by atoms with Crippen LogP contribution in [0.2, 0.25) is 0 Å². The first-order valence-corrected chi connectivity index (χ1v) is 6.16. The van der Waals surface area contributed by atoms with Crippen LogP contribution in [0, 0.1) is 0 Å². The minimum absolute atomic E-state index is 0.0459. The van der Waals surface area contributed by atoms with Gasteiger partial charge in [0.25, 0.3) is 5.56 Å². The zero-order valence-electron chi connectivity index (χ0n) is 10.8. The number of nitrogens with one attached hydrogen (secondary N) is 1. The quantitative estimate of drug-likeness (QED) is 0.695. The molecule has 6 nitrogen and oxygen atoms in total. The van der Waals surface area contributed by atoms with Crippen molar-refractivity contribution in [1.82, 2.24) is 9.55 Å². The third-order valence-corrected chi connectivity index (χ3v) is 2.45. The summed E-state index contributed by atoms with van der Waals surface area (Å²) in [6.45, 7) is 5.38. The molecule has 0 bridgehead atoms. The van der Waals surface area contributed by atoms with Crippen LogP contribution < -0.4 is 11.2 Å². The fourth-order valence-electron chi connectivity index (χ4n) is 1.37. The van der Waals surface area contributed by atoms with Gasteiger partial charge in [-0.3, -0.25) is 14.3 Å². The zero-order chi connectivity index (χ0) is 13.4. The molecule has 102 valence electrons. The Bertz CT molecular complexity index is 452. The van der Waals surface area contributed by atoms with Crippen molar-refractivity contribution < 1.29 is 9.47 Å². The van der Waals surface area contributed by atoms with Crippen LogP contribution >= 0.6 is 0 Å². The molecule has 0 amide bonds. The van der Waals surface area contributed by atoms with Crippen molar-refractivity contribution in [2.24, 2.45) is 0 Å². The number of H-pyrrole nitrogens is 1. The van der Waals surface area contributed by atoms with E-state index in [9.17, 15) is 9.59 Å². The van der Waals surface area contributed by atoms with Gasteiger partial charge in [0.15, 0.2) is 0 Å². The summed E-state index contributed by atoms with van der Waals surface area (Å²) in [5.41, 5.74) is -0.874. The SMILES string of the molecule is CCCOC[C@H](CC)OCn1ccc(=O)[nH]c1=O. The summed E-state index contributed by atoms with van der Waals surface area (Å²) in [5, 5.41) is 0. The van der Waals surface area contributed by atoms with Gasteiger partial charge >= 0.3 is 5.69 Å². The molecule has 0 aliphatic heterocycles. The fourth-order valence-corrected chi connectivity index (χ4v) is 1.37. The van der Waals surface area contributed by atoms with Gasteiger partial charge in [0.05, 0.1) is 12.7 Å². The van der Waals surface area contributed by atoms with Gasteiger partial charge in [0.2, 0.25) is 0 Å². The predicted molar refractivity (Wildman–Crippen MR) is 67.6 cm³/mol. The maximum atomic E-state index is 11.4. The molecule has 1 atom stereocenters. The van der Waals surface area contributed by atoms with Crippen LogP contribution in [0.15, 0.2) is 21.9 Å². The molecule has 0 aliphatic carbocycles. The van der Waals surface area contributed by atoms with Crippen LogP contribution in [0.4, 0.5) is 0 Å². The highest BCUT2D eigenvalue weighted by Crippen LogP contribution is 2.00. The van der Waals surface area contributed by atoms with Gasteiger partial charge in [-0.15, -0.1) is 0 Å². The molecule has 1 aromatic rings. The molecule has 1 aromatic heterocycles. The second kappa shape index (κ2) is 7.84. The Morgan fingerprint density at radius 1 is 1.39 bits per heavy atom. The summed E-state index contributed by atoms with van der Waals surface area (Å²) in [7, 11) is 0. The van der Waals surface area contributed by atoms with Crippen molar-refractivity contribution in [1.29, 1.82) is 0 Å². The van der Waals surface area contributed by atoms with Crippen LogP contribution in [0.1, 0.15) is 26.7 Å². The second-order valence-electron chi connectivity index (χ2n) is 3.98. The summed E-state index contributed by atoms with van der Waals surface area (Å²) < 4.78 is 12.3. The number of rotatable bonds is 8. The van der Waals surface area contributed by atoms with E-state index in [1.807, 2.05) is 13.8 Å². The Labute approximate surface area is 106 Å². The Balaban J connectivity index is 2.46. The van der Waals surface area contributed by atoms with E-state index in [0.29, 0.717) is 13.2 Å². The number of aromatic amines is 1. The lowest BCUT2D eigenvalue weighted by Crippen LogP contribution is -2.31. The van der Waals surface area contributed by atoms with Gasteiger partial charge in [-0.2, -0.15) is 0 Å². The molecule has 1 rings (SSSR count). The molecule has 18 heavy (non-hydrogen) atoms. The minimum atomic E-state index is -0.466. The Hall–Kier alpha value is -1.40. The van der Waals surface area contributed by atoms with Crippen LogP contribution in [-0.4, -0.2) is 28.9 Å². The monoisotopic (exact) mass is 256 g/mol. The third kappa shape index (κ3) is 4.85. The second-order valence-corrected chi connectivity index (χ2v) is 3.98. The Kier molecular flexibility index (Phi) is 6.38. The van der Waals surface area contributed by atoms with Gasteiger partial charge in [0, 0.05) is 18.9 Å². The average molecular weight is 256 g/mol. The van der Waals surface area contributed by atoms with E-state index in [1.54, 1.807) is 0 Å². The molecular weight excluding hydrogens is 236 g/mol. The number of aromatic nitrogens is 2. The molecular formula is C12H20N2O4. The minimum Gasteiger partial charge on any atom is -0.379 e.